The van der Waals surface area contributed by atoms with Crippen LogP contribution in [0.2, 0.25) is 5.02 Å². The van der Waals surface area contributed by atoms with E-state index in [0.717, 1.165) is 60.4 Å². The molecule has 256 valence electrons. The van der Waals surface area contributed by atoms with Crippen LogP contribution in [0.3, 0.4) is 0 Å². The molecule has 7 nitrogen and oxygen atoms in total. The molecular weight excluding hydrogens is 622 g/mol. The molecule has 0 spiro atoms. The molecule has 3 aromatic rings. The number of hydrogen-bond acceptors (Lipinski definition) is 5. The summed E-state index contributed by atoms with van der Waals surface area (Å²) in [5.41, 5.74) is 3.22. The summed E-state index contributed by atoms with van der Waals surface area (Å²) in [6.45, 7) is 10.7. The minimum Gasteiger partial charge on any atom is -0.444 e. The van der Waals surface area contributed by atoms with Gasteiger partial charge in [0.15, 0.2) is 0 Å². The van der Waals surface area contributed by atoms with E-state index in [1.807, 2.05) is 57.2 Å². The Morgan fingerprint density at radius 2 is 1.40 bits per heavy atom. The van der Waals surface area contributed by atoms with Gasteiger partial charge in [0.1, 0.15) is 5.60 Å². The fourth-order valence-corrected chi connectivity index (χ4v) is 7.41. The first-order chi connectivity index (χ1) is 22.9. The van der Waals surface area contributed by atoms with E-state index in [1.54, 1.807) is 11.8 Å². The molecule has 0 unspecified atom stereocenters. The molecule has 48 heavy (non-hydrogen) atoms. The number of nitrogens with zero attached hydrogens (tertiary/aromatic N) is 2. The van der Waals surface area contributed by atoms with Crippen LogP contribution in [0, 0.1) is 0 Å². The third kappa shape index (κ3) is 8.49. The average Bonchev–Trinajstić information content (AvgIpc) is 3.07. The summed E-state index contributed by atoms with van der Waals surface area (Å²) in [5, 5.41) is 15.5. The van der Waals surface area contributed by atoms with Gasteiger partial charge >= 0.3 is 6.09 Å². The highest BCUT2D eigenvalue weighted by Crippen LogP contribution is 2.45. The van der Waals surface area contributed by atoms with Crippen LogP contribution >= 0.6 is 11.6 Å². The molecule has 0 bridgehead atoms. The maximum Gasteiger partial charge on any atom is 0.410 e. The number of likely N-dealkylation sites (tertiary alicyclic amines) is 2. The molecule has 3 aromatic carbocycles. The summed E-state index contributed by atoms with van der Waals surface area (Å²) in [7, 11) is 0. The normalized spacial score (nSPS) is 17.1. The number of nitrogens with one attached hydrogen (secondary N) is 1. The lowest BCUT2D eigenvalue weighted by Crippen LogP contribution is -2.45. The Morgan fingerprint density at radius 1 is 0.854 bits per heavy atom. The standard InChI is InChI=1S/C40H50ClN3O4/c1-30(45)42-36(31-20-26-44(27-21-31)37(46)48-38(2,3)4)40(33-12-7-5-8-13-33,34-14-9-6-10-15-34)22-11-25-43-28-23-39(47,24-29-43)32-16-18-35(41)19-17-32/h5-10,12-19,47H,11,20-29H2,1-4H3,(H,42,45). The number of ether oxygens (including phenoxy) is 1. The fourth-order valence-electron chi connectivity index (χ4n) is 7.29. The van der Waals surface area contributed by atoms with Gasteiger partial charge in [0, 0.05) is 43.8 Å². The monoisotopic (exact) mass is 671 g/mol. The van der Waals surface area contributed by atoms with E-state index in [4.69, 9.17) is 16.3 Å². The predicted molar refractivity (Wildman–Crippen MR) is 192 cm³/mol. The fraction of sp³-hybridized carbons (Fsp3) is 0.450. The van der Waals surface area contributed by atoms with Gasteiger partial charge in [0.25, 0.3) is 0 Å². The first-order valence-electron chi connectivity index (χ1n) is 17.2. The summed E-state index contributed by atoms with van der Waals surface area (Å²) in [6, 6.07) is 28.5. The van der Waals surface area contributed by atoms with Gasteiger partial charge in [0.2, 0.25) is 5.91 Å². The number of piperidine rings is 2. The molecule has 2 saturated heterocycles. The minimum atomic E-state index is -0.851. The second-order valence-electron chi connectivity index (χ2n) is 14.2. The predicted octanol–water partition coefficient (Wildman–Crippen LogP) is 7.81. The van der Waals surface area contributed by atoms with Crippen molar-refractivity contribution < 1.29 is 19.4 Å². The molecule has 0 radical (unpaired) electrons. The number of amides is 2. The van der Waals surface area contributed by atoms with Crippen molar-refractivity contribution in [2.75, 3.05) is 32.7 Å². The molecule has 5 rings (SSSR count). The van der Waals surface area contributed by atoms with Crippen LogP contribution in [0.1, 0.15) is 82.9 Å². The zero-order valence-electron chi connectivity index (χ0n) is 28.8. The number of rotatable bonds is 9. The number of carbonyl (C=O) groups excluding carboxylic acids is 2. The van der Waals surface area contributed by atoms with Gasteiger partial charge in [-0.25, -0.2) is 4.79 Å². The van der Waals surface area contributed by atoms with E-state index >= 15 is 0 Å². The molecule has 0 atom stereocenters. The second-order valence-corrected chi connectivity index (χ2v) is 14.7. The molecule has 2 amide bonds. The summed E-state index contributed by atoms with van der Waals surface area (Å²) >= 11 is 6.10. The Bertz CT molecular complexity index is 1510. The van der Waals surface area contributed by atoms with Crippen molar-refractivity contribution in [2.24, 2.45) is 0 Å². The van der Waals surface area contributed by atoms with Crippen LogP contribution in [-0.4, -0.2) is 65.2 Å². The van der Waals surface area contributed by atoms with Gasteiger partial charge in [-0.3, -0.25) is 4.79 Å². The zero-order valence-corrected chi connectivity index (χ0v) is 29.6. The van der Waals surface area contributed by atoms with Crippen LogP contribution < -0.4 is 5.32 Å². The Morgan fingerprint density at radius 3 is 1.90 bits per heavy atom. The highest BCUT2D eigenvalue weighted by atomic mass is 35.5. The van der Waals surface area contributed by atoms with Gasteiger partial charge in [0.05, 0.1) is 11.0 Å². The van der Waals surface area contributed by atoms with Crippen LogP contribution in [0.15, 0.2) is 96.2 Å². The van der Waals surface area contributed by atoms with Gasteiger partial charge in [-0.2, -0.15) is 0 Å². The molecule has 8 heteroatoms. The lowest BCUT2D eigenvalue weighted by molar-refractivity contribution is -0.118. The van der Waals surface area contributed by atoms with Crippen molar-refractivity contribution in [3.8, 4) is 0 Å². The highest BCUT2D eigenvalue weighted by Gasteiger charge is 2.41. The van der Waals surface area contributed by atoms with Gasteiger partial charge < -0.3 is 25.0 Å². The van der Waals surface area contributed by atoms with Crippen LogP contribution in [0.5, 0.6) is 0 Å². The van der Waals surface area contributed by atoms with Crippen molar-refractivity contribution in [3.63, 3.8) is 0 Å². The molecule has 2 heterocycles. The van der Waals surface area contributed by atoms with E-state index < -0.39 is 16.6 Å². The van der Waals surface area contributed by atoms with E-state index in [0.29, 0.717) is 43.8 Å². The molecule has 2 aliphatic heterocycles. The molecule has 2 N–H and O–H groups in total. The summed E-state index contributed by atoms with van der Waals surface area (Å²) in [4.78, 5) is 30.1. The number of halogens is 1. The maximum atomic E-state index is 13.0. The largest absolute Gasteiger partial charge is 0.444 e. The average molecular weight is 672 g/mol. The topological polar surface area (TPSA) is 82.1 Å². The Balaban J connectivity index is 1.43. The quantitative estimate of drug-likeness (QED) is 0.243. The lowest BCUT2D eigenvalue weighted by atomic mass is 9.67. The maximum absolute atomic E-state index is 13.0. The third-order valence-corrected chi connectivity index (χ3v) is 9.98. The summed E-state index contributed by atoms with van der Waals surface area (Å²) in [6.07, 6.45) is 3.96. The van der Waals surface area contributed by atoms with Crippen LogP contribution in [-0.2, 0) is 20.5 Å². The molecular formula is C40H50ClN3O4. The molecule has 0 aliphatic carbocycles. The third-order valence-electron chi connectivity index (χ3n) is 9.72. The SMILES string of the molecule is CC(=O)NC(=C1CCN(C(=O)OC(C)(C)C)CC1)C(CCCN1CCC(O)(c2ccc(Cl)cc2)CC1)(c1ccccc1)c1ccccc1. The Hall–Kier alpha value is -3.65. The molecule has 0 saturated carbocycles. The lowest BCUT2D eigenvalue weighted by Gasteiger charge is -2.42. The van der Waals surface area contributed by atoms with Crippen molar-refractivity contribution >= 4 is 23.6 Å². The van der Waals surface area contributed by atoms with Crippen molar-refractivity contribution in [2.45, 2.75) is 82.8 Å². The van der Waals surface area contributed by atoms with E-state index in [2.05, 4.69) is 58.7 Å². The van der Waals surface area contributed by atoms with Crippen molar-refractivity contribution in [1.82, 2.24) is 15.1 Å². The molecule has 2 aliphatic rings. The van der Waals surface area contributed by atoms with E-state index in [-0.39, 0.29) is 12.0 Å². The van der Waals surface area contributed by atoms with Gasteiger partial charge in [-0.05, 0) is 100 Å². The second kappa shape index (κ2) is 15.3. The molecule has 2 fully saturated rings. The van der Waals surface area contributed by atoms with Crippen LogP contribution in [0.4, 0.5) is 4.79 Å². The molecule has 0 aromatic heterocycles. The number of allylic oxidation sites excluding steroid dienone is 1. The van der Waals surface area contributed by atoms with E-state index in [9.17, 15) is 14.7 Å². The first kappa shape index (κ1) is 35.7. The minimum absolute atomic E-state index is 0.110. The van der Waals surface area contributed by atoms with Crippen molar-refractivity contribution in [1.29, 1.82) is 0 Å². The number of aliphatic hydroxyl groups is 1. The highest BCUT2D eigenvalue weighted by molar-refractivity contribution is 6.30. The van der Waals surface area contributed by atoms with Crippen molar-refractivity contribution in [3.05, 3.63) is 118 Å². The first-order valence-corrected chi connectivity index (χ1v) is 17.6. The number of benzene rings is 3. The van der Waals surface area contributed by atoms with Gasteiger partial charge in [-0.1, -0.05) is 84.4 Å². The van der Waals surface area contributed by atoms with E-state index in [1.165, 1.54) is 0 Å². The Labute approximate surface area is 290 Å². The smallest absolute Gasteiger partial charge is 0.410 e. The number of hydrogen-bond donors (Lipinski definition) is 2. The summed E-state index contributed by atoms with van der Waals surface area (Å²) < 4.78 is 5.67. The zero-order chi connectivity index (χ0) is 34.4. The van der Waals surface area contributed by atoms with Crippen LogP contribution in [0.25, 0.3) is 0 Å². The number of carbonyl (C=O) groups is 2. The van der Waals surface area contributed by atoms with Gasteiger partial charge in [-0.15, -0.1) is 0 Å². The summed E-state index contributed by atoms with van der Waals surface area (Å²) in [5.74, 6) is -0.110. The Kier molecular flexibility index (Phi) is 11.3.